The topological polar surface area (TPSA) is 132 Å². The Hall–Kier alpha value is -4.37. The van der Waals surface area contributed by atoms with Gasteiger partial charge in [-0.25, -0.2) is 12.8 Å². The Morgan fingerprint density at radius 3 is 2.41 bits per heavy atom. The molecule has 0 bridgehead atoms. The molecule has 12 heteroatoms. The quantitative estimate of drug-likeness (QED) is 0.311. The Labute approximate surface area is 226 Å². The molecule has 4 rings (SSSR count). The molecule has 10 nitrogen and oxygen atoms in total. The van der Waals surface area contributed by atoms with Crippen molar-refractivity contribution in [2.75, 3.05) is 24.7 Å². The number of benzene rings is 2. The van der Waals surface area contributed by atoms with Gasteiger partial charge < -0.3 is 13.9 Å². The van der Waals surface area contributed by atoms with Crippen LogP contribution in [0.5, 0.6) is 11.5 Å². The fourth-order valence-corrected chi connectivity index (χ4v) is 5.14. The molecule has 0 saturated carbocycles. The van der Waals surface area contributed by atoms with Crippen LogP contribution in [0.4, 0.5) is 10.3 Å². The fourth-order valence-electron chi connectivity index (χ4n) is 4.14. The Balaban J connectivity index is 1.81. The van der Waals surface area contributed by atoms with Crippen LogP contribution in [0, 0.1) is 17.1 Å². The van der Waals surface area contributed by atoms with E-state index < -0.39 is 21.6 Å². The number of aromatic nitrogens is 3. The second-order valence-electron chi connectivity index (χ2n) is 9.69. The lowest BCUT2D eigenvalue weighted by Crippen LogP contribution is -2.21. The Morgan fingerprint density at radius 2 is 1.79 bits per heavy atom. The maximum Gasteiger partial charge on any atom is 0.243 e. The molecule has 2 heterocycles. The highest BCUT2D eigenvalue weighted by Crippen LogP contribution is 2.40. The lowest BCUT2D eigenvalue weighted by atomic mass is 9.87. The number of furan rings is 1. The zero-order valence-corrected chi connectivity index (χ0v) is 23.0. The summed E-state index contributed by atoms with van der Waals surface area (Å²) in [6, 6.07) is 12.5. The van der Waals surface area contributed by atoms with E-state index in [1.807, 2.05) is 32.9 Å². The fraction of sp³-hybridized carbons (Fsp3) is 0.296. The number of ether oxygens (including phenoxy) is 2. The third kappa shape index (κ3) is 5.73. The Morgan fingerprint density at radius 1 is 1.10 bits per heavy atom. The molecule has 2 aromatic heterocycles. The number of nitriles is 1. The van der Waals surface area contributed by atoms with E-state index in [1.54, 1.807) is 18.2 Å². The molecule has 0 spiro atoms. The van der Waals surface area contributed by atoms with Crippen molar-refractivity contribution in [2.24, 2.45) is 0 Å². The van der Waals surface area contributed by atoms with Crippen LogP contribution >= 0.6 is 0 Å². The summed E-state index contributed by atoms with van der Waals surface area (Å²) in [5.41, 5.74) is 1.35. The largest absolute Gasteiger partial charge is 0.494 e. The Bertz CT molecular complexity index is 1630. The van der Waals surface area contributed by atoms with Crippen LogP contribution in [0.15, 0.2) is 53.1 Å². The van der Waals surface area contributed by atoms with Gasteiger partial charge in [0.15, 0.2) is 5.76 Å². The molecule has 4 aromatic rings. The van der Waals surface area contributed by atoms with Crippen LogP contribution < -0.4 is 14.2 Å². The number of sulfonamides is 1. The first-order chi connectivity index (χ1) is 18.5. The first-order valence-electron chi connectivity index (χ1n) is 11.9. The van der Waals surface area contributed by atoms with Gasteiger partial charge in [0.25, 0.3) is 0 Å². The Kier molecular flexibility index (Phi) is 7.65. The first-order valence-corrected chi connectivity index (χ1v) is 13.6. The SMILES string of the molecule is COc1cccc(OC)c1-n1c(NS(=O)(=O)CCc2ccc(F)cc2C#N)nnc1-c1occc1C(C)(C)C. The summed E-state index contributed by atoms with van der Waals surface area (Å²) in [5.74, 6) is 0.300. The lowest BCUT2D eigenvalue weighted by molar-refractivity contribution is 0.391. The molecule has 39 heavy (non-hydrogen) atoms. The number of hydrogen-bond donors (Lipinski definition) is 1. The number of rotatable bonds is 9. The standard InChI is InChI=1S/C27H28FN5O5S/c1-27(2,3)20-11-13-38-24(20)25-30-31-26(33(25)23-21(36-4)7-6-8-22(23)37-5)32-39(34,35)14-12-17-9-10-19(28)15-18(17)16-29/h6-11,13,15H,12,14H2,1-5H3,(H,31,32). The van der Waals surface area contributed by atoms with Crippen LogP contribution in [-0.4, -0.2) is 43.2 Å². The molecule has 0 aliphatic carbocycles. The van der Waals surface area contributed by atoms with Crippen molar-refractivity contribution in [3.63, 3.8) is 0 Å². The summed E-state index contributed by atoms with van der Waals surface area (Å²) in [6.45, 7) is 6.04. The minimum atomic E-state index is -4.02. The maximum atomic E-state index is 13.5. The monoisotopic (exact) mass is 553 g/mol. The minimum Gasteiger partial charge on any atom is -0.494 e. The lowest BCUT2D eigenvalue weighted by Gasteiger charge is -2.20. The number of methoxy groups -OCH3 is 2. The van der Waals surface area contributed by atoms with Crippen LogP contribution in [-0.2, 0) is 21.9 Å². The second kappa shape index (κ2) is 10.8. The van der Waals surface area contributed by atoms with Gasteiger partial charge in [-0.15, -0.1) is 10.2 Å². The summed E-state index contributed by atoms with van der Waals surface area (Å²) < 4.78 is 60.9. The summed E-state index contributed by atoms with van der Waals surface area (Å²) in [6.07, 6.45) is 1.51. The van der Waals surface area contributed by atoms with Crippen molar-refractivity contribution in [1.29, 1.82) is 5.26 Å². The van der Waals surface area contributed by atoms with Gasteiger partial charge >= 0.3 is 0 Å². The van der Waals surface area contributed by atoms with E-state index in [-0.39, 0.29) is 29.2 Å². The molecule has 0 saturated heterocycles. The highest BCUT2D eigenvalue weighted by molar-refractivity contribution is 7.92. The van der Waals surface area contributed by atoms with E-state index in [4.69, 9.17) is 13.9 Å². The molecular formula is C27H28FN5O5S. The zero-order chi connectivity index (χ0) is 28.4. The van der Waals surface area contributed by atoms with Gasteiger partial charge in [0, 0.05) is 5.56 Å². The molecular weight excluding hydrogens is 525 g/mol. The van der Waals surface area contributed by atoms with Crippen LogP contribution in [0.1, 0.15) is 37.5 Å². The summed E-state index contributed by atoms with van der Waals surface area (Å²) >= 11 is 0. The van der Waals surface area contributed by atoms with Crippen LogP contribution in [0.25, 0.3) is 17.3 Å². The number of halogens is 1. The molecule has 2 aromatic carbocycles. The molecule has 0 aliphatic heterocycles. The van der Waals surface area contributed by atoms with Crippen LogP contribution in [0.2, 0.25) is 0 Å². The summed E-state index contributed by atoms with van der Waals surface area (Å²) in [5, 5.41) is 17.8. The van der Waals surface area contributed by atoms with E-state index in [0.29, 0.717) is 28.5 Å². The minimum absolute atomic E-state index is 0.0240. The molecule has 1 N–H and O–H groups in total. The van der Waals surface area contributed by atoms with Crippen molar-refractivity contribution in [2.45, 2.75) is 32.6 Å². The highest BCUT2D eigenvalue weighted by atomic mass is 32.2. The van der Waals surface area contributed by atoms with Gasteiger partial charge in [0.1, 0.15) is 23.0 Å². The highest BCUT2D eigenvalue weighted by Gasteiger charge is 2.30. The molecule has 0 atom stereocenters. The van der Waals surface area contributed by atoms with Crippen molar-refractivity contribution in [3.05, 3.63) is 71.2 Å². The molecule has 0 amide bonds. The van der Waals surface area contributed by atoms with Crippen molar-refractivity contribution in [1.82, 2.24) is 14.8 Å². The molecule has 0 fully saturated rings. The second-order valence-corrected chi connectivity index (χ2v) is 11.5. The van der Waals surface area contributed by atoms with Crippen molar-refractivity contribution >= 4 is 16.0 Å². The van der Waals surface area contributed by atoms with Gasteiger partial charge in [0.2, 0.25) is 21.8 Å². The number of aryl methyl sites for hydroxylation is 1. The van der Waals surface area contributed by atoms with Crippen LogP contribution in [0.3, 0.4) is 0 Å². The van der Waals surface area contributed by atoms with Gasteiger partial charge in [-0.3, -0.25) is 9.29 Å². The number of hydrogen-bond acceptors (Lipinski definition) is 8. The predicted octanol–water partition coefficient (Wildman–Crippen LogP) is 4.84. The molecule has 0 unspecified atom stereocenters. The number of nitrogens with one attached hydrogen (secondary N) is 1. The smallest absolute Gasteiger partial charge is 0.243 e. The normalized spacial score (nSPS) is 11.7. The zero-order valence-electron chi connectivity index (χ0n) is 22.1. The third-order valence-corrected chi connectivity index (χ3v) is 7.28. The summed E-state index contributed by atoms with van der Waals surface area (Å²) in [7, 11) is -1.06. The van der Waals surface area contributed by atoms with E-state index in [9.17, 15) is 18.1 Å². The van der Waals surface area contributed by atoms with E-state index in [2.05, 4.69) is 14.9 Å². The van der Waals surface area contributed by atoms with E-state index >= 15 is 0 Å². The molecule has 204 valence electrons. The first kappa shape index (κ1) is 27.7. The molecule has 0 radical (unpaired) electrons. The number of nitrogens with zero attached hydrogens (tertiary/aromatic N) is 4. The number of para-hydroxylation sites is 1. The van der Waals surface area contributed by atoms with Crippen molar-refractivity contribution < 1.29 is 26.7 Å². The average Bonchev–Trinajstić information content (AvgIpc) is 3.54. The van der Waals surface area contributed by atoms with Gasteiger partial charge in [-0.1, -0.05) is 32.9 Å². The predicted molar refractivity (Wildman–Crippen MR) is 143 cm³/mol. The van der Waals surface area contributed by atoms with Crippen molar-refractivity contribution in [3.8, 4) is 34.8 Å². The average molecular weight is 554 g/mol. The number of anilines is 1. The maximum absolute atomic E-state index is 13.5. The van der Waals surface area contributed by atoms with E-state index in [1.165, 1.54) is 37.2 Å². The van der Waals surface area contributed by atoms with Gasteiger partial charge in [-0.2, -0.15) is 5.26 Å². The van der Waals surface area contributed by atoms with E-state index in [0.717, 1.165) is 11.6 Å². The third-order valence-electron chi connectivity index (χ3n) is 6.04. The summed E-state index contributed by atoms with van der Waals surface area (Å²) in [4.78, 5) is 0. The van der Waals surface area contributed by atoms with Gasteiger partial charge in [0.05, 0.1) is 37.9 Å². The molecule has 0 aliphatic rings. The van der Waals surface area contributed by atoms with Gasteiger partial charge in [-0.05, 0) is 47.7 Å².